The first-order valence-electron chi connectivity index (χ1n) is 4.68. The number of halogens is 4. The van der Waals surface area contributed by atoms with Gasteiger partial charge in [-0.1, -0.05) is 6.92 Å². The van der Waals surface area contributed by atoms with Gasteiger partial charge in [-0.3, -0.25) is 0 Å². The molecular formula is C8H11F4N3O. The van der Waals surface area contributed by atoms with E-state index in [9.17, 15) is 17.6 Å². The molecule has 1 aromatic rings. The Balaban J connectivity index is 2.64. The third-order valence-corrected chi connectivity index (χ3v) is 1.73. The summed E-state index contributed by atoms with van der Waals surface area (Å²) < 4.78 is 53.7. The van der Waals surface area contributed by atoms with Gasteiger partial charge in [0.15, 0.2) is 0 Å². The molecule has 4 nitrogen and oxygen atoms in total. The SMILES string of the molecule is CCCNCc1nnc(C(F)(F)C(F)F)o1. The van der Waals surface area contributed by atoms with Crippen molar-refractivity contribution in [1.29, 1.82) is 0 Å². The maximum atomic E-state index is 12.7. The molecular weight excluding hydrogens is 230 g/mol. The van der Waals surface area contributed by atoms with Crippen LogP contribution in [-0.2, 0) is 12.5 Å². The largest absolute Gasteiger partial charge is 0.418 e. The molecule has 0 unspecified atom stereocenters. The molecule has 0 aliphatic rings. The molecule has 0 aromatic carbocycles. The van der Waals surface area contributed by atoms with Crippen molar-refractivity contribution < 1.29 is 22.0 Å². The van der Waals surface area contributed by atoms with Crippen LogP contribution >= 0.6 is 0 Å². The minimum atomic E-state index is -4.39. The lowest BCUT2D eigenvalue weighted by molar-refractivity contribution is -0.151. The van der Waals surface area contributed by atoms with Gasteiger partial charge in [0, 0.05) is 0 Å². The topological polar surface area (TPSA) is 51.0 Å². The summed E-state index contributed by atoms with van der Waals surface area (Å²) >= 11 is 0. The van der Waals surface area contributed by atoms with Crippen molar-refractivity contribution in [2.24, 2.45) is 0 Å². The van der Waals surface area contributed by atoms with E-state index in [1.54, 1.807) is 0 Å². The Labute approximate surface area is 89.0 Å². The second-order valence-electron chi connectivity index (χ2n) is 3.10. The molecule has 1 rings (SSSR count). The first-order valence-corrected chi connectivity index (χ1v) is 4.68. The van der Waals surface area contributed by atoms with E-state index in [2.05, 4.69) is 19.9 Å². The highest BCUT2D eigenvalue weighted by Crippen LogP contribution is 2.33. The van der Waals surface area contributed by atoms with Gasteiger partial charge in [0.2, 0.25) is 5.89 Å². The van der Waals surface area contributed by atoms with Crippen LogP contribution in [0.2, 0.25) is 0 Å². The Hall–Kier alpha value is -1.18. The normalized spacial score (nSPS) is 12.4. The van der Waals surface area contributed by atoms with Crippen molar-refractivity contribution in [3.8, 4) is 0 Å². The van der Waals surface area contributed by atoms with E-state index in [4.69, 9.17) is 0 Å². The lowest BCUT2D eigenvalue weighted by Crippen LogP contribution is -2.24. The number of hydrogen-bond acceptors (Lipinski definition) is 4. The zero-order valence-electron chi connectivity index (χ0n) is 8.51. The zero-order valence-corrected chi connectivity index (χ0v) is 8.51. The minimum Gasteiger partial charge on any atom is -0.418 e. The summed E-state index contributed by atoms with van der Waals surface area (Å²) in [5, 5.41) is 8.96. The second-order valence-corrected chi connectivity index (χ2v) is 3.10. The molecule has 8 heteroatoms. The molecule has 0 bridgehead atoms. The van der Waals surface area contributed by atoms with Crippen LogP contribution < -0.4 is 5.32 Å². The van der Waals surface area contributed by atoms with E-state index in [1.807, 2.05) is 6.92 Å². The Morgan fingerprint density at radius 2 is 2.06 bits per heavy atom. The molecule has 0 radical (unpaired) electrons. The highest BCUT2D eigenvalue weighted by Gasteiger charge is 2.48. The average molecular weight is 241 g/mol. The van der Waals surface area contributed by atoms with Crippen LogP contribution in [0.15, 0.2) is 4.42 Å². The predicted molar refractivity (Wildman–Crippen MR) is 46.2 cm³/mol. The van der Waals surface area contributed by atoms with E-state index in [1.165, 1.54) is 0 Å². The number of rotatable bonds is 6. The molecule has 0 fully saturated rings. The highest BCUT2D eigenvalue weighted by molar-refractivity contribution is 4.92. The van der Waals surface area contributed by atoms with Gasteiger partial charge in [-0.25, -0.2) is 8.78 Å². The van der Waals surface area contributed by atoms with Gasteiger partial charge in [-0.2, -0.15) is 8.78 Å². The molecule has 1 aromatic heterocycles. The monoisotopic (exact) mass is 241 g/mol. The molecule has 16 heavy (non-hydrogen) atoms. The Bertz CT molecular complexity index is 329. The Morgan fingerprint density at radius 3 is 2.62 bits per heavy atom. The second kappa shape index (κ2) is 5.24. The van der Waals surface area contributed by atoms with Crippen molar-refractivity contribution in [1.82, 2.24) is 15.5 Å². The molecule has 0 amide bonds. The smallest absolute Gasteiger partial charge is 0.382 e. The fourth-order valence-corrected chi connectivity index (χ4v) is 0.925. The summed E-state index contributed by atoms with van der Waals surface area (Å²) in [6.07, 6.45) is -3.02. The highest BCUT2D eigenvalue weighted by atomic mass is 19.3. The van der Waals surface area contributed by atoms with Crippen LogP contribution in [-0.4, -0.2) is 23.2 Å². The van der Waals surface area contributed by atoms with Gasteiger partial charge < -0.3 is 9.73 Å². The van der Waals surface area contributed by atoms with Crippen molar-refractivity contribution in [2.75, 3.05) is 6.54 Å². The van der Waals surface area contributed by atoms with Gasteiger partial charge in [-0.15, -0.1) is 10.2 Å². The molecule has 0 saturated carbocycles. The summed E-state index contributed by atoms with van der Waals surface area (Å²) in [5.41, 5.74) is 0. The lowest BCUT2D eigenvalue weighted by Gasteiger charge is -2.09. The molecule has 0 spiro atoms. The Morgan fingerprint density at radius 1 is 1.38 bits per heavy atom. The molecule has 0 saturated heterocycles. The zero-order chi connectivity index (χ0) is 12.2. The van der Waals surface area contributed by atoms with E-state index in [0.717, 1.165) is 6.42 Å². The quantitative estimate of drug-likeness (QED) is 0.610. The van der Waals surface area contributed by atoms with Crippen LogP contribution in [0.5, 0.6) is 0 Å². The van der Waals surface area contributed by atoms with Crippen LogP contribution in [0.3, 0.4) is 0 Å². The van der Waals surface area contributed by atoms with E-state index < -0.39 is 18.2 Å². The maximum Gasteiger partial charge on any atom is 0.382 e. The van der Waals surface area contributed by atoms with E-state index in [-0.39, 0.29) is 12.4 Å². The summed E-state index contributed by atoms with van der Waals surface area (Å²) in [6, 6.07) is 0. The molecule has 0 atom stereocenters. The lowest BCUT2D eigenvalue weighted by atomic mass is 10.3. The van der Waals surface area contributed by atoms with Gasteiger partial charge in [0.1, 0.15) is 0 Å². The van der Waals surface area contributed by atoms with Crippen LogP contribution in [0.4, 0.5) is 17.6 Å². The minimum absolute atomic E-state index is 0.0835. The molecule has 1 N–H and O–H groups in total. The number of aromatic nitrogens is 2. The predicted octanol–water partition coefficient (Wildman–Crippen LogP) is 1.93. The van der Waals surface area contributed by atoms with Crippen molar-refractivity contribution >= 4 is 0 Å². The van der Waals surface area contributed by atoms with Gasteiger partial charge >= 0.3 is 12.3 Å². The van der Waals surface area contributed by atoms with Crippen molar-refractivity contribution in [2.45, 2.75) is 32.2 Å². The molecule has 92 valence electrons. The molecule has 0 aliphatic heterocycles. The molecule has 0 aliphatic carbocycles. The third kappa shape index (κ3) is 2.91. The third-order valence-electron chi connectivity index (χ3n) is 1.73. The standard InChI is InChI=1S/C8H11F4N3O/c1-2-3-13-4-5-14-15-7(16-5)8(11,12)6(9)10/h6,13H,2-4H2,1H3. The first-order chi connectivity index (χ1) is 7.48. The van der Waals surface area contributed by atoms with Crippen LogP contribution in [0.1, 0.15) is 25.1 Å². The average Bonchev–Trinajstić information content (AvgIpc) is 2.67. The summed E-state index contributed by atoms with van der Waals surface area (Å²) in [7, 11) is 0. The fraction of sp³-hybridized carbons (Fsp3) is 0.750. The van der Waals surface area contributed by atoms with Crippen LogP contribution in [0.25, 0.3) is 0 Å². The van der Waals surface area contributed by atoms with Crippen molar-refractivity contribution in [3.63, 3.8) is 0 Å². The van der Waals surface area contributed by atoms with Gasteiger partial charge in [0.25, 0.3) is 5.89 Å². The number of nitrogens with one attached hydrogen (secondary N) is 1. The maximum absolute atomic E-state index is 12.7. The fourth-order valence-electron chi connectivity index (χ4n) is 0.925. The van der Waals surface area contributed by atoms with E-state index in [0.29, 0.717) is 6.54 Å². The van der Waals surface area contributed by atoms with Gasteiger partial charge in [-0.05, 0) is 13.0 Å². The number of nitrogens with zero attached hydrogens (tertiary/aromatic N) is 2. The first kappa shape index (κ1) is 12.9. The summed E-state index contributed by atoms with van der Waals surface area (Å²) in [6.45, 7) is 2.64. The van der Waals surface area contributed by atoms with Gasteiger partial charge in [0.05, 0.1) is 6.54 Å². The number of hydrogen-bond donors (Lipinski definition) is 1. The molecule has 1 heterocycles. The van der Waals surface area contributed by atoms with Crippen LogP contribution in [0, 0.1) is 0 Å². The number of alkyl halides is 4. The summed E-state index contributed by atoms with van der Waals surface area (Å²) in [5.74, 6) is -5.88. The Kier molecular flexibility index (Phi) is 4.22. The van der Waals surface area contributed by atoms with E-state index >= 15 is 0 Å². The van der Waals surface area contributed by atoms with Crippen molar-refractivity contribution in [3.05, 3.63) is 11.8 Å². The summed E-state index contributed by atoms with van der Waals surface area (Å²) in [4.78, 5) is 0.